The largest absolute Gasteiger partial charge is 0.355 e. The SMILES string of the molecule is CC1(C)c2ccccc2-c2ccc(-c3cccc(Nc4ccccc4-c4ccccc4)c3)cc21. The molecule has 34 heavy (non-hydrogen) atoms. The number of fused-ring (bicyclic) bond motifs is 3. The van der Waals surface area contributed by atoms with Gasteiger partial charge in [0.2, 0.25) is 0 Å². The smallest absolute Gasteiger partial charge is 0.0463 e. The van der Waals surface area contributed by atoms with Crippen LogP contribution in [0.5, 0.6) is 0 Å². The van der Waals surface area contributed by atoms with E-state index in [2.05, 4.69) is 140 Å². The molecule has 1 heteroatoms. The fourth-order valence-corrected chi connectivity index (χ4v) is 5.28. The highest BCUT2D eigenvalue weighted by Crippen LogP contribution is 2.49. The van der Waals surface area contributed by atoms with E-state index in [1.807, 2.05) is 0 Å². The number of nitrogens with one attached hydrogen (secondary N) is 1. The van der Waals surface area contributed by atoms with Crippen LogP contribution < -0.4 is 5.32 Å². The van der Waals surface area contributed by atoms with E-state index in [0.29, 0.717) is 0 Å². The maximum atomic E-state index is 3.66. The summed E-state index contributed by atoms with van der Waals surface area (Å²) in [7, 11) is 0. The Kier molecular flexibility index (Phi) is 4.85. The van der Waals surface area contributed by atoms with Gasteiger partial charge in [0.05, 0.1) is 0 Å². The Morgan fingerprint density at radius 2 is 1.12 bits per heavy atom. The number of para-hydroxylation sites is 1. The number of benzene rings is 5. The number of rotatable bonds is 4. The Balaban J connectivity index is 1.36. The molecule has 1 aliphatic carbocycles. The van der Waals surface area contributed by atoms with Gasteiger partial charge < -0.3 is 5.32 Å². The molecule has 0 atom stereocenters. The normalized spacial score (nSPS) is 13.2. The molecule has 0 unspecified atom stereocenters. The predicted octanol–water partition coefficient (Wildman–Crippen LogP) is 9.07. The zero-order valence-corrected chi connectivity index (χ0v) is 19.5. The van der Waals surface area contributed by atoms with Gasteiger partial charge in [0.15, 0.2) is 0 Å². The Bertz CT molecular complexity index is 1490. The van der Waals surface area contributed by atoms with Gasteiger partial charge in [-0.3, -0.25) is 0 Å². The predicted molar refractivity (Wildman–Crippen MR) is 145 cm³/mol. The van der Waals surface area contributed by atoms with E-state index in [4.69, 9.17) is 0 Å². The third-order valence-electron chi connectivity index (χ3n) is 7.07. The molecule has 6 rings (SSSR count). The lowest BCUT2D eigenvalue weighted by Crippen LogP contribution is -2.14. The summed E-state index contributed by atoms with van der Waals surface area (Å²) >= 11 is 0. The summed E-state index contributed by atoms with van der Waals surface area (Å²) in [4.78, 5) is 0. The fourth-order valence-electron chi connectivity index (χ4n) is 5.28. The zero-order valence-electron chi connectivity index (χ0n) is 19.5. The molecule has 0 spiro atoms. The van der Waals surface area contributed by atoms with Crippen LogP contribution in [0.3, 0.4) is 0 Å². The molecule has 0 aromatic heterocycles. The van der Waals surface area contributed by atoms with Crippen molar-refractivity contribution < 1.29 is 0 Å². The molecule has 0 saturated heterocycles. The Morgan fingerprint density at radius 3 is 1.97 bits per heavy atom. The molecule has 0 amide bonds. The molecule has 1 N–H and O–H groups in total. The summed E-state index contributed by atoms with van der Waals surface area (Å²) in [5.41, 5.74) is 12.6. The van der Waals surface area contributed by atoms with Gasteiger partial charge in [-0.1, -0.05) is 111 Å². The first kappa shape index (κ1) is 20.5. The lowest BCUT2D eigenvalue weighted by molar-refractivity contribution is 0.660. The zero-order chi connectivity index (χ0) is 23.1. The maximum Gasteiger partial charge on any atom is 0.0463 e. The molecule has 0 saturated carbocycles. The molecule has 0 fully saturated rings. The highest BCUT2D eigenvalue weighted by atomic mass is 14.9. The standard InChI is InChI=1S/C33H27N/c1-33(2)30-17-8-6-16-28(30)29-20-19-25(22-31(29)33)24-13-10-14-26(21-24)34-32-18-9-7-15-27(32)23-11-4-3-5-12-23/h3-22,34H,1-2H3. The topological polar surface area (TPSA) is 12.0 Å². The van der Waals surface area contributed by atoms with E-state index < -0.39 is 0 Å². The van der Waals surface area contributed by atoms with Gasteiger partial charge in [0, 0.05) is 22.4 Å². The van der Waals surface area contributed by atoms with Gasteiger partial charge in [0.25, 0.3) is 0 Å². The molecular formula is C33H27N. The van der Waals surface area contributed by atoms with Crippen LogP contribution in [-0.4, -0.2) is 0 Å². The molecule has 0 radical (unpaired) electrons. The van der Waals surface area contributed by atoms with E-state index in [-0.39, 0.29) is 5.41 Å². The highest BCUT2D eigenvalue weighted by molar-refractivity contribution is 5.85. The maximum absolute atomic E-state index is 3.66. The van der Waals surface area contributed by atoms with Crippen molar-refractivity contribution >= 4 is 11.4 Å². The van der Waals surface area contributed by atoms with Gasteiger partial charge in [-0.2, -0.15) is 0 Å². The van der Waals surface area contributed by atoms with Crippen molar-refractivity contribution in [3.8, 4) is 33.4 Å². The summed E-state index contributed by atoms with van der Waals surface area (Å²) in [5.74, 6) is 0. The van der Waals surface area contributed by atoms with Gasteiger partial charge in [0.1, 0.15) is 0 Å². The van der Waals surface area contributed by atoms with Crippen molar-refractivity contribution in [2.45, 2.75) is 19.3 Å². The minimum atomic E-state index is 0.00637. The average molecular weight is 438 g/mol. The van der Waals surface area contributed by atoms with Crippen molar-refractivity contribution in [1.29, 1.82) is 0 Å². The van der Waals surface area contributed by atoms with Crippen molar-refractivity contribution in [3.05, 3.63) is 132 Å². The second kappa shape index (κ2) is 8.04. The van der Waals surface area contributed by atoms with Crippen LogP contribution in [0.15, 0.2) is 121 Å². The molecule has 1 nitrogen and oxygen atoms in total. The summed E-state index contributed by atoms with van der Waals surface area (Å²) in [6, 6.07) is 43.5. The second-order valence-electron chi connectivity index (χ2n) is 9.55. The Morgan fingerprint density at radius 1 is 0.471 bits per heavy atom. The van der Waals surface area contributed by atoms with Gasteiger partial charge in [-0.05, 0) is 63.2 Å². The number of hydrogen-bond acceptors (Lipinski definition) is 1. The summed E-state index contributed by atoms with van der Waals surface area (Å²) in [6.07, 6.45) is 0. The van der Waals surface area contributed by atoms with Crippen LogP contribution in [0.25, 0.3) is 33.4 Å². The summed E-state index contributed by atoms with van der Waals surface area (Å²) < 4.78 is 0. The van der Waals surface area contributed by atoms with E-state index in [0.717, 1.165) is 11.4 Å². The molecule has 5 aromatic rings. The molecule has 0 aliphatic heterocycles. The van der Waals surface area contributed by atoms with Crippen LogP contribution >= 0.6 is 0 Å². The third kappa shape index (κ3) is 3.41. The number of anilines is 2. The monoisotopic (exact) mass is 437 g/mol. The Labute approximate surface area is 201 Å². The van der Waals surface area contributed by atoms with Crippen molar-refractivity contribution in [2.75, 3.05) is 5.32 Å². The van der Waals surface area contributed by atoms with Crippen LogP contribution in [0, 0.1) is 0 Å². The van der Waals surface area contributed by atoms with Gasteiger partial charge in [-0.25, -0.2) is 0 Å². The average Bonchev–Trinajstić information content (AvgIpc) is 3.12. The minimum Gasteiger partial charge on any atom is -0.355 e. The van der Waals surface area contributed by atoms with Crippen LogP contribution in [-0.2, 0) is 5.41 Å². The van der Waals surface area contributed by atoms with Crippen LogP contribution in [0.4, 0.5) is 11.4 Å². The lowest BCUT2D eigenvalue weighted by atomic mass is 9.81. The molecule has 164 valence electrons. The van der Waals surface area contributed by atoms with Crippen LogP contribution in [0.2, 0.25) is 0 Å². The first-order valence-electron chi connectivity index (χ1n) is 11.9. The third-order valence-corrected chi connectivity index (χ3v) is 7.07. The van der Waals surface area contributed by atoms with Crippen LogP contribution in [0.1, 0.15) is 25.0 Å². The second-order valence-corrected chi connectivity index (χ2v) is 9.55. The summed E-state index contributed by atoms with van der Waals surface area (Å²) in [6.45, 7) is 4.67. The Hall–Kier alpha value is -4.10. The minimum absolute atomic E-state index is 0.00637. The molecule has 5 aromatic carbocycles. The highest BCUT2D eigenvalue weighted by Gasteiger charge is 2.35. The van der Waals surface area contributed by atoms with Crippen molar-refractivity contribution in [1.82, 2.24) is 0 Å². The van der Waals surface area contributed by atoms with Crippen molar-refractivity contribution in [2.24, 2.45) is 0 Å². The lowest BCUT2D eigenvalue weighted by Gasteiger charge is -2.22. The van der Waals surface area contributed by atoms with E-state index in [1.54, 1.807) is 0 Å². The van der Waals surface area contributed by atoms with Gasteiger partial charge in [-0.15, -0.1) is 0 Å². The van der Waals surface area contributed by atoms with Crippen molar-refractivity contribution in [3.63, 3.8) is 0 Å². The van der Waals surface area contributed by atoms with E-state index in [1.165, 1.54) is 44.5 Å². The van der Waals surface area contributed by atoms with E-state index >= 15 is 0 Å². The number of hydrogen-bond donors (Lipinski definition) is 1. The molecular weight excluding hydrogens is 410 g/mol. The molecule has 1 aliphatic rings. The molecule has 0 bridgehead atoms. The quantitative estimate of drug-likeness (QED) is 0.296. The first-order valence-corrected chi connectivity index (χ1v) is 11.9. The fraction of sp³-hybridized carbons (Fsp3) is 0.0909. The van der Waals surface area contributed by atoms with Gasteiger partial charge >= 0.3 is 0 Å². The first-order chi connectivity index (χ1) is 16.6. The molecule has 0 heterocycles. The summed E-state index contributed by atoms with van der Waals surface area (Å²) in [5, 5.41) is 3.66. The van der Waals surface area contributed by atoms with E-state index in [9.17, 15) is 0 Å².